The van der Waals surface area contributed by atoms with Crippen molar-refractivity contribution >= 4 is 37.1 Å². The predicted octanol–water partition coefficient (Wildman–Crippen LogP) is 4.57. The molecule has 0 aliphatic rings. The van der Waals surface area contributed by atoms with Gasteiger partial charge >= 0.3 is 12.3 Å². The van der Waals surface area contributed by atoms with Gasteiger partial charge in [0.2, 0.25) is 0 Å². The van der Waals surface area contributed by atoms with E-state index in [9.17, 15) is 34.8 Å². The molecule has 0 heterocycles. The number of rotatable bonds is 10. The van der Waals surface area contributed by atoms with Crippen molar-refractivity contribution in [2.24, 2.45) is 0 Å². The minimum Gasteiger partial charge on any atom is -0.440 e. The zero-order valence-corrected chi connectivity index (χ0v) is 21.9. The second-order valence-corrected chi connectivity index (χ2v) is 12.9. The molecule has 0 radical (unpaired) electrons. The summed E-state index contributed by atoms with van der Waals surface area (Å²) in [6, 6.07) is 8.91. The van der Waals surface area contributed by atoms with Crippen LogP contribution in [0.2, 0.25) is 0 Å². The number of benzene rings is 2. The molecule has 1 unspecified atom stereocenters. The monoisotopic (exact) mass is 550 g/mol. The molecule has 0 fully saturated rings. The van der Waals surface area contributed by atoms with E-state index in [4.69, 9.17) is 4.74 Å². The molecule has 1 N–H and O–H groups in total. The number of hydrogen-bond acceptors (Lipinski definition) is 7. The van der Waals surface area contributed by atoms with E-state index >= 15 is 0 Å². The first-order valence-corrected chi connectivity index (χ1v) is 14.8. The van der Waals surface area contributed by atoms with E-state index in [0.717, 1.165) is 30.9 Å². The largest absolute Gasteiger partial charge is 0.440 e. The Kier molecular flexibility index (Phi) is 9.40. The number of carbonyl (C=O) groups is 1. The van der Waals surface area contributed by atoms with Crippen LogP contribution in [0.4, 0.5) is 29.3 Å². The van der Waals surface area contributed by atoms with Crippen LogP contribution in [0.3, 0.4) is 0 Å². The van der Waals surface area contributed by atoms with E-state index in [2.05, 4.69) is 10.2 Å². The van der Waals surface area contributed by atoms with Crippen molar-refractivity contribution < 1.29 is 39.5 Å². The fourth-order valence-corrected chi connectivity index (χ4v) is 7.28. The highest BCUT2D eigenvalue weighted by Crippen LogP contribution is 2.32. The topological polar surface area (TPSA) is 110 Å². The maximum Gasteiger partial charge on any atom is 0.416 e. The van der Waals surface area contributed by atoms with Gasteiger partial charge in [0.05, 0.1) is 11.3 Å². The summed E-state index contributed by atoms with van der Waals surface area (Å²) >= 11 is 0. The molecule has 0 aliphatic heterocycles. The van der Waals surface area contributed by atoms with E-state index in [1.807, 2.05) is 19.9 Å². The van der Waals surface area contributed by atoms with Crippen molar-refractivity contribution in [3.05, 3.63) is 59.2 Å². The first-order chi connectivity index (χ1) is 16.5. The lowest BCUT2D eigenvalue weighted by molar-refractivity contribution is -0.137. The second kappa shape index (κ2) is 11.5. The van der Waals surface area contributed by atoms with Gasteiger partial charge in [0.25, 0.3) is 0 Å². The number of amides is 1. The lowest BCUT2D eigenvalue weighted by atomic mass is 10.1. The number of sulfone groups is 2. The number of nitrogens with zero attached hydrogens (tertiary/aromatic N) is 1. The predicted molar refractivity (Wildman–Crippen MR) is 133 cm³/mol. The molecule has 0 bridgehead atoms. The Hall–Kier alpha value is -2.80. The average Bonchev–Trinajstić information content (AvgIpc) is 2.73. The first kappa shape index (κ1) is 29.4. The van der Waals surface area contributed by atoms with E-state index in [-0.39, 0.29) is 5.56 Å². The average molecular weight is 551 g/mol. The van der Waals surface area contributed by atoms with Gasteiger partial charge in [-0.2, -0.15) is 13.2 Å². The fourth-order valence-electron chi connectivity index (χ4n) is 3.56. The maximum atomic E-state index is 13.2. The Labute approximate surface area is 209 Å². The third-order valence-electron chi connectivity index (χ3n) is 5.21. The highest BCUT2D eigenvalue weighted by atomic mass is 32.3. The van der Waals surface area contributed by atoms with Crippen molar-refractivity contribution in [3.63, 3.8) is 0 Å². The molecular formula is C23H29F3N2O6S2. The van der Waals surface area contributed by atoms with Gasteiger partial charge in [0, 0.05) is 30.7 Å². The smallest absolute Gasteiger partial charge is 0.416 e. The lowest BCUT2D eigenvalue weighted by Crippen LogP contribution is -2.27. The minimum atomic E-state index is -4.72. The van der Waals surface area contributed by atoms with Crippen molar-refractivity contribution in [1.82, 2.24) is 0 Å². The van der Waals surface area contributed by atoms with Crippen LogP contribution < -0.4 is 10.2 Å². The summed E-state index contributed by atoms with van der Waals surface area (Å²) in [5.41, 5.74) is 0.641. The normalized spacial score (nSPS) is 13.2. The van der Waals surface area contributed by atoms with Crippen LogP contribution in [-0.4, -0.2) is 53.1 Å². The second-order valence-electron chi connectivity index (χ2n) is 8.27. The van der Waals surface area contributed by atoms with Gasteiger partial charge < -0.3 is 9.64 Å². The van der Waals surface area contributed by atoms with Gasteiger partial charge in [-0.15, -0.1) is 0 Å². The number of alkyl halides is 3. The van der Waals surface area contributed by atoms with Crippen LogP contribution in [0, 0.1) is 6.92 Å². The third kappa shape index (κ3) is 8.70. The molecule has 0 saturated carbocycles. The Balaban J connectivity index is 2.34. The van der Waals surface area contributed by atoms with Crippen molar-refractivity contribution in [2.75, 3.05) is 40.4 Å². The number of aryl methyl sites for hydroxylation is 1. The highest BCUT2D eigenvalue weighted by Gasteiger charge is 2.33. The van der Waals surface area contributed by atoms with Crippen molar-refractivity contribution in [3.8, 4) is 0 Å². The molecule has 1 amide bonds. The molecule has 2 aromatic rings. The molecule has 2 aromatic carbocycles. The van der Waals surface area contributed by atoms with E-state index < -0.39 is 54.4 Å². The Morgan fingerprint density at radius 1 is 1.06 bits per heavy atom. The number of ether oxygens (including phenoxy) is 1. The molecule has 200 valence electrons. The molecule has 36 heavy (non-hydrogen) atoms. The summed E-state index contributed by atoms with van der Waals surface area (Å²) < 4.78 is 92.8. The molecular weight excluding hydrogens is 521 g/mol. The summed E-state index contributed by atoms with van der Waals surface area (Å²) in [4.78, 5) is 14.7. The molecule has 0 saturated heterocycles. The maximum absolute atomic E-state index is 13.2. The van der Waals surface area contributed by atoms with Gasteiger partial charge in [-0.05, 0) is 62.2 Å². The summed E-state index contributed by atoms with van der Waals surface area (Å²) in [6.07, 6.45) is -6.81. The highest BCUT2D eigenvalue weighted by molar-refractivity contribution is 8.07. The summed E-state index contributed by atoms with van der Waals surface area (Å²) in [6.45, 7) is 7.27. The number of anilines is 2. The van der Waals surface area contributed by atoms with Crippen LogP contribution in [-0.2, 0) is 30.6 Å². The fraction of sp³-hybridized carbons (Fsp3) is 0.435. The number of halogens is 3. The quantitative estimate of drug-likeness (QED) is 0.462. The molecule has 8 nitrogen and oxygen atoms in total. The van der Waals surface area contributed by atoms with Gasteiger partial charge in [-0.25, -0.2) is 21.6 Å². The first-order valence-electron chi connectivity index (χ1n) is 10.9. The minimum absolute atomic E-state index is 0.245. The van der Waals surface area contributed by atoms with Gasteiger partial charge in [0.1, 0.15) is 6.10 Å². The molecule has 1 atom stereocenters. The number of carbonyl (C=O) groups excluding carboxylic acids is 1. The lowest BCUT2D eigenvalue weighted by Gasteiger charge is -2.23. The third-order valence-corrected chi connectivity index (χ3v) is 9.17. The Morgan fingerprint density at radius 2 is 1.69 bits per heavy atom. The standard InChI is InChI=1S/C23H29F3N2O6S2/c1-5-28(6-2)19-10-11-20(16(3)12-19)27-22(29)34-21(14-36(32,33)15-35(4,30)31)17-8-7-9-18(13-17)23(24,25)26/h7-13,21H,5-6,14-15H2,1-4H3,(H,27,29). The zero-order valence-electron chi connectivity index (χ0n) is 20.3. The SMILES string of the molecule is CCN(CC)c1ccc(NC(=O)OC(CS(=O)(=O)CS(C)(=O)=O)c2cccc(C(F)(F)F)c2)c(C)c1. The van der Waals surface area contributed by atoms with Crippen LogP contribution in [0.5, 0.6) is 0 Å². The molecule has 13 heteroatoms. The summed E-state index contributed by atoms with van der Waals surface area (Å²) in [7, 11) is -8.33. The van der Waals surface area contributed by atoms with E-state index in [0.29, 0.717) is 23.6 Å². The molecule has 0 aromatic heterocycles. The molecule has 2 rings (SSSR count). The number of nitrogens with one attached hydrogen (secondary N) is 1. The van der Waals surface area contributed by atoms with Gasteiger partial charge in [0.15, 0.2) is 24.8 Å². The van der Waals surface area contributed by atoms with E-state index in [1.165, 1.54) is 6.07 Å². The summed E-state index contributed by atoms with van der Waals surface area (Å²) in [5.74, 6) is -1.02. The van der Waals surface area contributed by atoms with Gasteiger partial charge in [-0.1, -0.05) is 12.1 Å². The van der Waals surface area contributed by atoms with Crippen LogP contribution in [0.25, 0.3) is 0 Å². The van der Waals surface area contributed by atoms with E-state index in [1.54, 1.807) is 19.1 Å². The number of hydrogen-bond donors (Lipinski definition) is 1. The van der Waals surface area contributed by atoms with Crippen molar-refractivity contribution in [2.45, 2.75) is 33.1 Å². The zero-order chi connectivity index (χ0) is 27.3. The Bertz CT molecular complexity index is 1290. The van der Waals surface area contributed by atoms with Crippen LogP contribution in [0.1, 0.15) is 36.6 Å². The summed E-state index contributed by atoms with van der Waals surface area (Å²) in [5, 5.41) is 1.23. The molecule has 0 aliphatic carbocycles. The van der Waals surface area contributed by atoms with Gasteiger partial charge in [-0.3, -0.25) is 5.32 Å². The van der Waals surface area contributed by atoms with Crippen LogP contribution in [0.15, 0.2) is 42.5 Å². The van der Waals surface area contributed by atoms with Crippen LogP contribution >= 0.6 is 0 Å². The molecule has 0 spiro atoms. The Morgan fingerprint density at radius 3 is 2.22 bits per heavy atom. The van der Waals surface area contributed by atoms with Crippen molar-refractivity contribution in [1.29, 1.82) is 0 Å².